The van der Waals surface area contributed by atoms with Gasteiger partial charge in [-0.25, -0.2) is 16.8 Å². The molecule has 7 nitrogen and oxygen atoms in total. The molecule has 1 aromatic carbocycles. The van der Waals surface area contributed by atoms with E-state index in [2.05, 4.69) is 4.74 Å². The Hall–Kier alpha value is -1.45. The number of likely N-dealkylation sites (N-methyl/N-ethyl adjacent to an activating group) is 1. The van der Waals surface area contributed by atoms with Crippen molar-refractivity contribution in [3.8, 4) is 0 Å². The first kappa shape index (κ1) is 17.6. The van der Waals surface area contributed by atoms with Gasteiger partial charge >= 0.3 is 5.97 Å². The quantitative estimate of drug-likeness (QED) is 0.692. The Morgan fingerprint density at radius 1 is 1.10 bits per heavy atom. The number of esters is 1. The number of ether oxygens (including phenoxy) is 1. The van der Waals surface area contributed by atoms with Gasteiger partial charge in [0.1, 0.15) is 6.54 Å². The maximum atomic E-state index is 12.3. The topological polar surface area (TPSA) is 97.8 Å². The number of sulfone groups is 1. The van der Waals surface area contributed by atoms with Gasteiger partial charge in [0.15, 0.2) is 9.84 Å². The molecule has 0 heterocycles. The van der Waals surface area contributed by atoms with Crippen LogP contribution in [0.2, 0.25) is 0 Å². The van der Waals surface area contributed by atoms with Crippen LogP contribution in [-0.2, 0) is 29.4 Å². The van der Waals surface area contributed by atoms with Crippen LogP contribution in [0.15, 0.2) is 34.1 Å². The lowest BCUT2D eigenvalue weighted by molar-refractivity contribution is -0.140. The van der Waals surface area contributed by atoms with Crippen molar-refractivity contribution in [2.75, 3.05) is 26.5 Å². The van der Waals surface area contributed by atoms with E-state index < -0.39 is 32.4 Å². The Morgan fingerprint density at radius 3 is 1.95 bits per heavy atom. The van der Waals surface area contributed by atoms with Crippen LogP contribution in [-0.4, -0.2) is 53.6 Å². The summed E-state index contributed by atoms with van der Waals surface area (Å²) in [6.07, 6.45) is 1.03. The fourth-order valence-corrected chi connectivity index (χ4v) is 3.61. The zero-order valence-corrected chi connectivity index (χ0v) is 13.6. The molecule has 0 aromatic heterocycles. The first-order chi connectivity index (χ1) is 9.62. The van der Waals surface area contributed by atoms with Gasteiger partial charge < -0.3 is 4.74 Å². The number of rotatable bonds is 6. The number of benzene rings is 1. The minimum absolute atomic E-state index is 0.0254. The van der Waals surface area contributed by atoms with Gasteiger partial charge in [0.05, 0.1) is 16.9 Å². The first-order valence-corrected chi connectivity index (χ1v) is 9.33. The molecule has 0 radical (unpaired) electrons. The van der Waals surface area contributed by atoms with E-state index in [1.807, 2.05) is 0 Å². The molecular weight excluding hydrogens is 318 g/mol. The van der Waals surface area contributed by atoms with Crippen LogP contribution in [0.25, 0.3) is 0 Å². The summed E-state index contributed by atoms with van der Waals surface area (Å²) in [5.41, 5.74) is 0. The molecular formula is C12H17NO6S2. The molecule has 0 aliphatic rings. The van der Waals surface area contributed by atoms with Gasteiger partial charge in [-0.05, 0) is 24.3 Å². The molecule has 0 bridgehead atoms. The minimum atomic E-state index is -3.88. The maximum absolute atomic E-state index is 12.3. The van der Waals surface area contributed by atoms with Gasteiger partial charge in [-0.15, -0.1) is 0 Å². The van der Waals surface area contributed by atoms with E-state index in [0.717, 1.165) is 10.6 Å². The second kappa shape index (κ2) is 6.54. The normalized spacial score (nSPS) is 12.4. The predicted molar refractivity (Wildman–Crippen MR) is 76.0 cm³/mol. The highest BCUT2D eigenvalue weighted by molar-refractivity contribution is 7.90. The molecule has 21 heavy (non-hydrogen) atoms. The molecule has 0 atom stereocenters. The predicted octanol–water partition coefficient (Wildman–Crippen LogP) is 0.274. The highest BCUT2D eigenvalue weighted by Gasteiger charge is 2.25. The van der Waals surface area contributed by atoms with Crippen molar-refractivity contribution in [2.24, 2.45) is 0 Å². The zero-order valence-electron chi connectivity index (χ0n) is 11.9. The zero-order chi connectivity index (χ0) is 16.3. The summed E-state index contributed by atoms with van der Waals surface area (Å²) in [5, 5.41) is 0. The van der Waals surface area contributed by atoms with Gasteiger partial charge in [0.25, 0.3) is 0 Å². The summed E-state index contributed by atoms with van der Waals surface area (Å²) in [5.74, 6) is -0.673. The second-order valence-corrected chi connectivity index (χ2v) is 8.20. The lowest BCUT2D eigenvalue weighted by Gasteiger charge is -2.19. The van der Waals surface area contributed by atoms with Crippen LogP contribution in [0.4, 0.5) is 0 Å². The van der Waals surface area contributed by atoms with E-state index >= 15 is 0 Å². The van der Waals surface area contributed by atoms with Crippen molar-refractivity contribution in [3.05, 3.63) is 24.3 Å². The molecule has 0 fully saturated rings. The van der Waals surface area contributed by atoms with Crippen molar-refractivity contribution >= 4 is 25.8 Å². The van der Waals surface area contributed by atoms with Gasteiger partial charge in [-0.3, -0.25) is 4.79 Å². The van der Waals surface area contributed by atoms with Crippen molar-refractivity contribution in [2.45, 2.75) is 16.7 Å². The molecule has 0 unspecified atom stereocenters. The number of sulfonamides is 1. The summed E-state index contributed by atoms with van der Waals surface area (Å²) in [6.45, 7) is 1.28. The van der Waals surface area contributed by atoms with E-state index in [0.29, 0.717) is 0 Å². The number of hydrogen-bond donors (Lipinski definition) is 0. The standard InChI is InChI=1S/C12H17NO6S2/c1-4-13(9-12(14)19-2)21(17,18)11-7-5-10(6-8-11)20(3,15)16/h5-8H,4,9H2,1-3H3. The Balaban J connectivity index is 3.14. The molecule has 1 aromatic rings. The van der Waals surface area contributed by atoms with Crippen LogP contribution < -0.4 is 0 Å². The highest BCUT2D eigenvalue weighted by Crippen LogP contribution is 2.18. The Bertz CT molecular complexity index is 707. The summed E-state index contributed by atoms with van der Waals surface area (Å²) < 4.78 is 52.8. The van der Waals surface area contributed by atoms with Crippen LogP contribution in [0.5, 0.6) is 0 Å². The van der Waals surface area contributed by atoms with Crippen LogP contribution >= 0.6 is 0 Å². The highest BCUT2D eigenvalue weighted by atomic mass is 32.2. The van der Waals surface area contributed by atoms with Gasteiger partial charge in [-0.1, -0.05) is 6.92 Å². The smallest absolute Gasteiger partial charge is 0.321 e. The summed E-state index contributed by atoms with van der Waals surface area (Å²) in [4.78, 5) is 11.2. The minimum Gasteiger partial charge on any atom is -0.468 e. The Kier molecular flexibility index (Phi) is 5.48. The summed E-state index contributed by atoms with van der Waals surface area (Å²) in [7, 11) is -6.11. The second-order valence-electron chi connectivity index (χ2n) is 4.25. The van der Waals surface area contributed by atoms with Crippen molar-refractivity contribution in [1.82, 2.24) is 4.31 Å². The number of hydrogen-bond acceptors (Lipinski definition) is 6. The number of carbonyl (C=O) groups excluding carboxylic acids is 1. The fourth-order valence-electron chi connectivity index (χ4n) is 1.58. The van der Waals surface area contributed by atoms with E-state index in [9.17, 15) is 21.6 Å². The summed E-state index contributed by atoms with van der Waals surface area (Å²) >= 11 is 0. The van der Waals surface area contributed by atoms with Crippen LogP contribution in [0, 0.1) is 0 Å². The maximum Gasteiger partial charge on any atom is 0.321 e. The van der Waals surface area contributed by atoms with Gasteiger partial charge in [0.2, 0.25) is 10.0 Å². The number of methoxy groups -OCH3 is 1. The van der Waals surface area contributed by atoms with E-state index in [1.165, 1.54) is 31.4 Å². The van der Waals surface area contributed by atoms with Crippen LogP contribution in [0.3, 0.4) is 0 Å². The third-order valence-electron chi connectivity index (χ3n) is 2.78. The molecule has 0 aliphatic carbocycles. The first-order valence-electron chi connectivity index (χ1n) is 6.00. The van der Waals surface area contributed by atoms with Crippen LogP contribution in [0.1, 0.15) is 6.92 Å². The molecule has 0 N–H and O–H groups in total. The fraction of sp³-hybridized carbons (Fsp3) is 0.417. The third-order valence-corrected chi connectivity index (χ3v) is 5.84. The monoisotopic (exact) mass is 335 g/mol. The average molecular weight is 335 g/mol. The molecule has 1 rings (SSSR count). The largest absolute Gasteiger partial charge is 0.468 e. The molecule has 118 valence electrons. The van der Waals surface area contributed by atoms with E-state index in [-0.39, 0.29) is 16.3 Å². The Morgan fingerprint density at radius 2 is 1.57 bits per heavy atom. The lowest BCUT2D eigenvalue weighted by Crippen LogP contribution is -2.36. The Labute approximate surface area is 124 Å². The molecule has 9 heteroatoms. The SMILES string of the molecule is CCN(CC(=O)OC)S(=O)(=O)c1ccc(S(C)(=O)=O)cc1. The summed E-state index contributed by atoms with van der Waals surface area (Å²) in [6, 6.07) is 4.83. The van der Waals surface area contributed by atoms with Gasteiger partial charge in [0, 0.05) is 12.8 Å². The molecule has 0 saturated carbocycles. The van der Waals surface area contributed by atoms with E-state index in [4.69, 9.17) is 0 Å². The lowest BCUT2D eigenvalue weighted by atomic mass is 10.4. The molecule has 0 saturated heterocycles. The van der Waals surface area contributed by atoms with Gasteiger partial charge in [-0.2, -0.15) is 4.31 Å². The molecule has 0 spiro atoms. The molecule has 0 amide bonds. The average Bonchev–Trinajstić information content (AvgIpc) is 2.43. The van der Waals surface area contributed by atoms with Crippen molar-refractivity contribution < 1.29 is 26.4 Å². The molecule has 0 aliphatic heterocycles. The third kappa shape index (κ3) is 4.26. The van der Waals surface area contributed by atoms with Crippen molar-refractivity contribution in [1.29, 1.82) is 0 Å². The number of nitrogens with zero attached hydrogens (tertiary/aromatic N) is 1. The van der Waals surface area contributed by atoms with E-state index in [1.54, 1.807) is 6.92 Å². The number of carbonyl (C=O) groups is 1. The van der Waals surface area contributed by atoms with Crippen molar-refractivity contribution in [3.63, 3.8) is 0 Å².